The first-order chi connectivity index (χ1) is 8.86. The third-order valence-electron chi connectivity index (χ3n) is 3.75. The molecule has 1 aliphatic rings. The Balaban J connectivity index is 2.08. The Morgan fingerprint density at radius 2 is 2.17 bits per heavy atom. The minimum absolute atomic E-state index is 0.105. The fourth-order valence-corrected chi connectivity index (χ4v) is 2.49. The van der Waals surface area contributed by atoms with Gasteiger partial charge in [0.05, 0.1) is 12.6 Å². The van der Waals surface area contributed by atoms with Crippen molar-refractivity contribution in [1.82, 2.24) is 5.43 Å². The highest BCUT2D eigenvalue weighted by molar-refractivity contribution is 5.34. The van der Waals surface area contributed by atoms with Crippen molar-refractivity contribution in [1.29, 1.82) is 0 Å². The molecular formula is C15H24N2O. The molecule has 18 heavy (non-hydrogen) atoms. The van der Waals surface area contributed by atoms with Crippen LogP contribution < -0.4 is 11.3 Å². The topological polar surface area (TPSA) is 47.3 Å². The standard InChI is InChI=1S/C15H24N2O/c1-2-10-18-11-15(17-16)14-9-4-3-8-13(14)12-6-5-7-12/h3-4,8-9,12,15,17H,2,5-7,10-11,16H2,1H3. The summed E-state index contributed by atoms with van der Waals surface area (Å²) in [5.74, 6) is 6.41. The largest absolute Gasteiger partial charge is 0.379 e. The summed E-state index contributed by atoms with van der Waals surface area (Å²) < 4.78 is 5.63. The van der Waals surface area contributed by atoms with E-state index in [1.54, 1.807) is 0 Å². The highest BCUT2D eigenvalue weighted by atomic mass is 16.5. The molecule has 1 unspecified atom stereocenters. The van der Waals surface area contributed by atoms with Gasteiger partial charge in [0.15, 0.2) is 0 Å². The van der Waals surface area contributed by atoms with E-state index < -0.39 is 0 Å². The van der Waals surface area contributed by atoms with Gasteiger partial charge in [-0.2, -0.15) is 0 Å². The van der Waals surface area contributed by atoms with Gasteiger partial charge in [-0.1, -0.05) is 37.6 Å². The summed E-state index contributed by atoms with van der Waals surface area (Å²) in [6, 6.07) is 8.73. The summed E-state index contributed by atoms with van der Waals surface area (Å²) in [4.78, 5) is 0. The Bertz CT molecular complexity index is 363. The summed E-state index contributed by atoms with van der Waals surface area (Å²) >= 11 is 0. The van der Waals surface area contributed by atoms with Gasteiger partial charge < -0.3 is 4.74 Å². The van der Waals surface area contributed by atoms with Gasteiger partial charge in [-0.05, 0) is 36.3 Å². The average Bonchev–Trinajstić information content (AvgIpc) is 2.34. The van der Waals surface area contributed by atoms with Crippen molar-refractivity contribution in [2.45, 2.75) is 44.6 Å². The lowest BCUT2D eigenvalue weighted by molar-refractivity contribution is 0.111. The molecule has 2 rings (SSSR count). The van der Waals surface area contributed by atoms with Crippen LogP contribution in [0.3, 0.4) is 0 Å². The van der Waals surface area contributed by atoms with Crippen LogP contribution in [0.1, 0.15) is 55.7 Å². The molecule has 100 valence electrons. The monoisotopic (exact) mass is 248 g/mol. The molecule has 3 N–H and O–H groups in total. The highest BCUT2D eigenvalue weighted by Crippen LogP contribution is 2.39. The first-order valence-electron chi connectivity index (χ1n) is 6.99. The number of nitrogens with one attached hydrogen (secondary N) is 1. The number of rotatable bonds is 7. The van der Waals surface area contributed by atoms with Crippen molar-refractivity contribution in [2.24, 2.45) is 5.84 Å². The highest BCUT2D eigenvalue weighted by Gasteiger charge is 2.24. The predicted molar refractivity (Wildman–Crippen MR) is 74.2 cm³/mol. The lowest BCUT2D eigenvalue weighted by atomic mass is 9.77. The Labute approximate surface area is 110 Å². The molecule has 0 aliphatic heterocycles. The Morgan fingerprint density at radius 1 is 1.39 bits per heavy atom. The van der Waals surface area contributed by atoms with Crippen molar-refractivity contribution in [3.63, 3.8) is 0 Å². The van der Waals surface area contributed by atoms with E-state index in [1.165, 1.54) is 30.4 Å². The average molecular weight is 248 g/mol. The van der Waals surface area contributed by atoms with Gasteiger partial charge in [-0.15, -0.1) is 0 Å². The van der Waals surface area contributed by atoms with E-state index in [2.05, 4.69) is 36.6 Å². The molecule has 1 aromatic carbocycles. The molecule has 3 nitrogen and oxygen atoms in total. The number of hydrazine groups is 1. The first-order valence-corrected chi connectivity index (χ1v) is 6.99. The van der Waals surface area contributed by atoms with Crippen LogP contribution in [0.5, 0.6) is 0 Å². The number of benzene rings is 1. The summed E-state index contributed by atoms with van der Waals surface area (Å²) in [6.45, 7) is 3.56. The third kappa shape index (κ3) is 3.10. The number of nitrogens with two attached hydrogens (primary N) is 1. The molecule has 1 fully saturated rings. The summed E-state index contributed by atoms with van der Waals surface area (Å²) in [6.07, 6.45) is 5.02. The zero-order valence-electron chi connectivity index (χ0n) is 11.2. The smallest absolute Gasteiger partial charge is 0.0696 e. The van der Waals surface area contributed by atoms with Gasteiger partial charge in [0.1, 0.15) is 0 Å². The van der Waals surface area contributed by atoms with Gasteiger partial charge in [0.25, 0.3) is 0 Å². The van der Waals surface area contributed by atoms with E-state index >= 15 is 0 Å². The van der Waals surface area contributed by atoms with Crippen molar-refractivity contribution < 1.29 is 4.74 Å². The summed E-state index contributed by atoms with van der Waals surface area (Å²) in [5.41, 5.74) is 5.65. The molecule has 1 saturated carbocycles. The van der Waals surface area contributed by atoms with Crippen molar-refractivity contribution in [3.05, 3.63) is 35.4 Å². The molecule has 0 amide bonds. The fraction of sp³-hybridized carbons (Fsp3) is 0.600. The number of hydrogen-bond acceptors (Lipinski definition) is 3. The Kier molecular flexibility index (Phi) is 5.17. The lowest BCUT2D eigenvalue weighted by Crippen LogP contribution is -2.32. The second kappa shape index (κ2) is 6.88. The normalized spacial score (nSPS) is 17.4. The van der Waals surface area contributed by atoms with E-state index in [0.29, 0.717) is 6.61 Å². The minimum atomic E-state index is 0.105. The van der Waals surface area contributed by atoms with E-state index in [-0.39, 0.29) is 6.04 Å². The van der Waals surface area contributed by atoms with Gasteiger partial charge in [0.2, 0.25) is 0 Å². The van der Waals surface area contributed by atoms with Crippen LogP contribution >= 0.6 is 0 Å². The maximum absolute atomic E-state index is 5.69. The van der Waals surface area contributed by atoms with Crippen molar-refractivity contribution in [2.75, 3.05) is 13.2 Å². The molecule has 0 bridgehead atoms. The van der Waals surface area contributed by atoms with E-state index in [1.807, 2.05) is 0 Å². The fourth-order valence-electron chi connectivity index (χ4n) is 2.49. The molecule has 0 radical (unpaired) electrons. The second-order valence-electron chi connectivity index (χ2n) is 5.05. The molecule has 1 atom stereocenters. The quantitative estimate of drug-likeness (QED) is 0.443. The van der Waals surface area contributed by atoms with Gasteiger partial charge >= 0.3 is 0 Å². The molecule has 3 heteroatoms. The maximum Gasteiger partial charge on any atom is 0.0696 e. The second-order valence-corrected chi connectivity index (χ2v) is 5.05. The maximum atomic E-state index is 5.69. The Hall–Kier alpha value is -0.900. The molecule has 1 aliphatic carbocycles. The van der Waals surface area contributed by atoms with Gasteiger partial charge in [-0.3, -0.25) is 11.3 Å². The molecular weight excluding hydrogens is 224 g/mol. The van der Waals surface area contributed by atoms with Gasteiger partial charge in [0, 0.05) is 6.61 Å². The summed E-state index contributed by atoms with van der Waals surface area (Å²) in [5, 5.41) is 0. The Morgan fingerprint density at radius 3 is 2.78 bits per heavy atom. The van der Waals surface area contributed by atoms with E-state index in [0.717, 1.165) is 18.9 Å². The zero-order chi connectivity index (χ0) is 12.8. The van der Waals surface area contributed by atoms with E-state index in [4.69, 9.17) is 10.6 Å². The van der Waals surface area contributed by atoms with Crippen LogP contribution in [0.2, 0.25) is 0 Å². The van der Waals surface area contributed by atoms with Crippen LogP contribution in [0.4, 0.5) is 0 Å². The molecule has 0 heterocycles. The van der Waals surface area contributed by atoms with Gasteiger partial charge in [-0.25, -0.2) is 0 Å². The minimum Gasteiger partial charge on any atom is -0.379 e. The predicted octanol–water partition coefficient (Wildman–Crippen LogP) is 2.89. The SMILES string of the molecule is CCCOCC(NN)c1ccccc1C1CCC1. The zero-order valence-corrected chi connectivity index (χ0v) is 11.2. The number of hydrogen-bond donors (Lipinski definition) is 2. The third-order valence-corrected chi connectivity index (χ3v) is 3.75. The number of ether oxygens (including phenoxy) is 1. The molecule has 1 aromatic rings. The molecule has 0 spiro atoms. The van der Waals surface area contributed by atoms with Crippen LogP contribution in [-0.2, 0) is 4.74 Å². The van der Waals surface area contributed by atoms with Crippen molar-refractivity contribution >= 4 is 0 Å². The van der Waals surface area contributed by atoms with E-state index in [9.17, 15) is 0 Å². The van der Waals surface area contributed by atoms with Crippen LogP contribution in [0, 0.1) is 0 Å². The lowest BCUT2D eigenvalue weighted by Gasteiger charge is -2.30. The van der Waals surface area contributed by atoms with Crippen LogP contribution in [0.15, 0.2) is 24.3 Å². The van der Waals surface area contributed by atoms with Crippen LogP contribution in [-0.4, -0.2) is 13.2 Å². The summed E-state index contributed by atoms with van der Waals surface area (Å²) in [7, 11) is 0. The molecule has 0 aromatic heterocycles. The molecule has 0 saturated heterocycles. The first kappa shape index (κ1) is 13.5. The van der Waals surface area contributed by atoms with Crippen LogP contribution in [0.25, 0.3) is 0 Å². The van der Waals surface area contributed by atoms with Crippen molar-refractivity contribution in [3.8, 4) is 0 Å².